The number of aryl methyl sites for hydroxylation is 1. The van der Waals surface area contributed by atoms with Crippen molar-refractivity contribution in [1.29, 1.82) is 0 Å². The molecular formula is C14H21N3OS. The van der Waals surface area contributed by atoms with Crippen molar-refractivity contribution in [1.82, 2.24) is 4.90 Å². The zero-order valence-corrected chi connectivity index (χ0v) is 12.5. The highest BCUT2D eigenvalue weighted by molar-refractivity contribution is 7.80. The van der Waals surface area contributed by atoms with E-state index in [4.69, 9.17) is 18.0 Å². The number of nitrogens with zero attached hydrogens (tertiary/aromatic N) is 1. The monoisotopic (exact) mass is 279 g/mol. The van der Waals surface area contributed by atoms with E-state index in [0.29, 0.717) is 18.1 Å². The number of urea groups is 1. The van der Waals surface area contributed by atoms with Crippen LogP contribution in [0.15, 0.2) is 24.3 Å². The maximum absolute atomic E-state index is 12.1. The van der Waals surface area contributed by atoms with E-state index in [1.165, 1.54) is 0 Å². The highest BCUT2D eigenvalue weighted by atomic mass is 32.1. The van der Waals surface area contributed by atoms with E-state index in [1.807, 2.05) is 45.0 Å². The lowest BCUT2D eigenvalue weighted by Crippen LogP contribution is -2.40. The van der Waals surface area contributed by atoms with Crippen molar-refractivity contribution in [3.8, 4) is 0 Å². The van der Waals surface area contributed by atoms with Crippen molar-refractivity contribution in [2.24, 2.45) is 11.7 Å². The molecule has 1 unspecified atom stereocenters. The van der Waals surface area contributed by atoms with Crippen molar-refractivity contribution in [2.75, 3.05) is 18.4 Å². The zero-order valence-electron chi connectivity index (χ0n) is 11.6. The Kier molecular flexibility index (Phi) is 5.76. The maximum atomic E-state index is 12.1. The van der Waals surface area contributed by atoms with Gasteiger partial charge in [-0.2, -0.15) is 0 Å². The Hall–Kier alpha value is -1.62. The molecule has 0 aliphatic heterocycles. The van der Waals surface area contributed by atoms with Gasteiger partial charge in [0, 0.05) is 24.7 Å². The van der Waals surface area contributed by atoms with E-state index in [-0.39, 0.29) is 11.9 Å². The van der Waals surface area contributed by atoms with Crippen LogP contribution >= 0.6 is 12.2 Å². The molecule has 0 aliphatic rings. The summed E-state index contributed by atoms with van der Waals surface area (Å²) < 4.78 is 0. The molecule has 1 aromatic rings. The minimum Gasteiger partial charge on any atom is -0.393 e. The number of carbonyl (C=O) groups excluding carboxylic acids is 1. The molecule has 0 saturated carbocycles. The Bertz CT molecular complexity index is 462. The number of hydrogen-bond donors (Lipinski definition) is 2. The Morgan fingerprint density at radius 3 is 2.74 bits per heavy atom. The molecule has 0 saturated heterocycles. The summed E-state index contributed by atoms with van der Waals surface area (Å²) >= 11 is 4.94. The molecule has 0 aromatic heterocycles. The van der Waals surface area contributed by atoms with Gasteiger partial charge in [-0.05, 0) is 31.5 Å². The van der Waals surface area contributed by atoms with Crippen LogP contribution in [0.25, 0.3) is 0 Å². The Morgan fingerprint density at radius 2 is 2.21 bits per heavy atom. The van der Waals surface area contributed by atoms with Crippen molar-refractivity contribution < 1.29 is 4.79 Å². The Labute approximate surface area is 120 Å². The second kappa shape index (κ2) is 7.09. The quantitative estimate of drug-likeness (QED) is 0.815. The number of amides is 2. The first-order valence-electron chi connectivity index (χ1n) is 6.36. The SMILES string of the molecule is CCN(CC(C)C(N)=S)C(=O)Nc1cccc(C)c1. The lowest BCUT2D eigenvalue weighted by Gasteiger charge is -2.24. The van der Waals surface area contributed by atoms with Gasteiger partial charge in [0.2, 0.25) is 0 Å². The predicted molar refractivity (Wildman–Crippen MR) is 83.4 cm³/mol. The number of benzene rings is 1. The van der Waals surface area contributed by atoms with Crippen molar-refractivity contribution in [3.63, 3.8) is 0 Å². The van der Waals surface area contributed by atoms with Crippen LogP contribution in [0.3, 0.4) is 0 Å². The van der Waals surface area contributed by atoms with Gasteiger partial charge in [0.15, 0.2) is 0 Å². The lowest BCUT2D eigenvalue weighted by molar-refractivity contribution is 0.211. The minimum atomic E-state index is -0.129. The highest BCUT2D eigenvalue weighted by Gasteiger charge is 2.16. The second-order valence-electron chi connectivity index (χ2n) is 4.64. The van der Waals surface area contributed by atoms with Crippen LogP contribution < -0.4 is 11.1 Å². The zero-order chi connectivity index (χ0) is 14.4. The fourth-order valence-electron chi connectivity index (χ4n) is 1.70. The van der Waals surface area contributed by atoms with Gasteiger partial charge in [-0.15, -0.1) is 0 Å². The van der Waals surface area contributed by atoms with E-state index in [2.05, 4.69) is 5.32 Å². The largest absolute Gasteiger partial charge is 0.393 e. The fourth-order valence-corrected chi connectivity index (χ4v) is 1.78. The van der Waals surface area contributed by atoms with Crippen LogP contribution in [-0.4, -0.2) is 29.0 Å². The smallest absolute Gasteiger partial charge is 0.321 e. The summed E-state index contributed by atoms with van der Waals surface area (Å²) in [6, 6.07) is 7.58. The average molecular weight is 279 g/mol. The Morgan fingerprint density at radius 1 is 1.53 bits per heavy atom. The van der Waals surface area contributed by atoms with E-state index < -0.39 is 0 Å². The minimum absolute atomic E-state index is 0.0122. The van der Waals surface area contributed by atoms with Crippen molar-refractivity contribution >= 4 is 28.9 Å². The van der Waals surface area contributed by atoms with Gasteiger partial charge in [0.25, 0.3) is 0 Å². The van der Waals surface area contributed by atoms with Gasteiger partial charge in [-0.25, -0.2) is 4.79 Å². The summed E-state index contributed by atoms with van der Waals surface area (Å²) in [6.07, 6.45) is 0. The highest BCUT2D eigenvalue weighted by Crippen LogP contribution is 2.11. The first-order valence-corrected chi connectivity index (χ1v) is 6.76. The number of nitrogens with two attached hydrogens (primary N) is 1. The number of thiocarbonyl (C=S) groups is 1. The summed E-state index contributed by atoms with van der Waals surface area (Å²) in [5, 5.41) is 2.88. The molecule has 0 aliphatic carbocycles. The first-order chi connectivity index (χ1) is 8.93. The lowest BCUT2D eigenvalue weighted by atomic mass is 10.1. The molecule has 0 radical (unpaired) electrons. The number of anilines is 1. The topological polar surface area (TPSA) is 58.4 Å². The van der Waals surface area contributed by atoms with E-state index >= 15 is 0 Å². The number of rotatable bonds is 5. The van der Waals surface area contributed by atoms with E-state index in [1.54, 1.807) is 4.90 Å². The van der Waals surface area contributed by atoms with Crippen LogP contribution in [0.1, 0.15) is 19.4 Å². The molecular weight excluding hydrogens is 258 g/mol. The first kappa shape index (κ1) is 15.4. The van der Waals surface area contributed by atoms with Crippen LogP contribution in [0, 0.1) is 12.8 Å². The van der Waals surface area contributed by atoms with Crippen LogP contribution in [-0.2, 0) is 0 Å². The third kappa shape index (κ3) is 4.87. The molecule has 19 heavy (non-hydrogen) atoms. The normalized spacial score (nSPS) is 11.7. The maximum Gasteiger partial charge on any atom is 0.321 e. The summed E-state index contributed by atoms with van der Waals surface area (Å²) in [4.78, 5) is 14.3. The summed E-state index contributed by atoms with van der Waals surface area (Å²) in [6.45, 7) is 6.99. The number of hydrogen-bond acceptors (Lipinski definition) is 2. The average Bonchev–Trinajstić information content (AvgIpc) is 2.35. The predicted octanol–water partition coefficient (Wildman–Crippen LogP) is 2.77. The third-order valence-electron chi connectivity index (χ3n) is 2.92. The fraction of sp³-hybridized carbons (Fsp3) is 0.429. The van der Waals surface area contributed by atoms with Gasteiger partial charge in [0.1, 0.15) is 0 Å². The van der Waals surface area contributed by atoms with Crippen molar-refractivity contribution in [3.05, 3.63) is 29.8 Å². The molecule has 1 atom stereocenters. The molecule has 4 nitrogen and oxygen atoms in total. The molecule has 5 heteroatoms. The van der Waals surface area contributed by atoms with Gasteiger partial charge in [-0.1, -0.05) is 31.3 Å². The number of carbonyl (C=O) groups is 1. The van der Waals surface area contributed by atoms with E-state index in [0.717, 1.165) is 11.3 Å². The van der Waals surface area contributed by atoms with Gasteiger partial charge < -0.3 is 16.0 Å². The van der Waals surface area contributed by atoms with Gasteiger partial charge >= 0.3 is 6.03 Å². The van der Waals surface area contributed by atoms with Crippen molar-refractivity contribution in [2.45, 2.75) is 20.8 Å². The molecule has 0 heterocycles. The van der Waals surface area contributed by atoms with Crippen LogP contribution in [0.4, 0.5) is 10.5 Å². The van der Waals surface area contributed by atoms with Gasteiger partial charge in [0.05, 0.1) is 4.99 Å². The summed E-state index contributed by atoms with van der Waals surface area (Å²) in [5.41, 5.74) is 7.49. The Balaban J connectivity index is 2.66. The summed E-state index contributed by atoms with van der Waals surface area (Å²) in [5.74, 6) is 0.0122. The number of nitrogens with one attached hydrogen (secondary N) is 1. The molecule has 1 aromatic carbocycles. The second-order valence-corrected chi connectivity index (χ2v) is 5.11. The van der Waals surface area contributed by atoms with Crippen LogP contribution in [0.5, 0.6) is 0 Å². The molecule has 2 amide bonds. The summed E-state index contributed by atoms with van der Waals surface area (Å²) in [7, 11) is 0. The molecule has 1 rings (SSSR count). The van der Waals surface area contributed by atoms with Gasteiger partial charge in [-0.3, -0.25) is 0 Å². The molecule has 0 bridgehead atoms. The van der Waals surface area contributed by atoms with Crippen LogP contribution in [0.2, 0.25) is 0 Å². The molecule has 104 valence electrons. The molecule has 0 spiro atoms. The third-order valence-corrected chi connectivity index (χ3v) is 3.32. The van der Waals surface area contributed by atoms with E-state index in [9.17, 15) is 4.79 Å². The standard InChI is InChI=1S/C14H21N3OS/c1-4-17(9-11(3)13(15)19)14(18)16-12-7-5-6-10(2)8-12/h5-8,11H,4,9H2,1-3H3,(H2,15,19)(H,16,18). The molecule has 3 N–H and O–H groups in total. The molecule has 0 fully saturated rings.